The van der Waals surface area contributed by atoms with Gasteiger partial charge in [-0.1, -0.05) is 0 Å². The van der Waals surface area contributed by atoms with E-state index in [9.17, 15) is 13.6 Å². The Hall–Kier alpha value is -0.750. The summed E-state index contributed by atoms with van der Waals surface area (Å²) in [6.07, 6.45) is -0.809. The Balaban J connectivity index is 3.88. The summed E-state index contributed by atoms with van der Waals surface area (Å²) in [5, 5.41) is 12.2. The summed E-state index contributed by atoms with van der Waals surface area (Å²) in [6, 6.07) is 0.0705. The average Bonchev–Trinajstić information content (AvgIpc) is 2.21. The first kappa shape index (κ1) is 17.2. The van der Waals surface area contributed by atoms with Gasteiger partial charge >= 0.3 is 5.97 Å². The molecule has 0 aliphatic heterocycles. The fourth-order valence-corrected chi connectivity index (χ4v) is 1.73. The van der Waals surface area contributed by atoms with Gasteiger partial charge in [-0.15, -0.1) is 0 Å². The van der Waals surface area contributed by atoms with E-state index in [2.05, 4.69) is 5.32 Å². The fraction of sp³-hybridized carbons (Fsp3) is 0.917. The lowest BCUT2D eigenvalue weighted by molar-refractivity contribution is -0.144. The zero-order valence-corrected chi connectivity index (χ0v) is 11.2. The summed E-state index contributed by atoms with van der Waals surface area (Å²) >= 11 is 0. The quantitative estimate of drug-likeness (QED) is 0.596. The first-order valence-electron chi connectivity index (χ1n) is 6.15. The van der Waals surface area contributed by atoms with Gasteiger partial charge < -0.3 is 9.84 Å². The molecule has 1 unspecified atom stereocenters. The second-order valence-electron chi connectivity index (χ2n) is 4.86. The van der Waals surface area contributed by atoms with Crippen LogP contribution in [0.25, 0.3) is 0 Å². The first-order chi connectivity index (χ1) is 8.28. The van der Waals surface area contributed by atoms with E-state index in [1.54, 1.807) is 6.92 Å². The zero-order valence-electron chi connectivity index (χ0n) is 11.2. The molecule has 4 nitrogen and oxygen atoms in total. The molecule has 0 spiro atoms. The van der Waals surface area contributed by atoms with Gasteiger partial charge in [0.2, 0.25) is 0 Å². The maximum absolute atomic E-state index is 11.8. The molecule has 0 bridgehead atoms. The number of nitrogens with one attached hydrogen (secondary N) is 1. The van der Waals surface area contributed by atoms with Crippen LogP contribution in [0, 0.1) is 0 Å². The SMILES string of the molecule is CC(C)NC(C)(CCCCOCC(F)F)C(=O)O. The van der Waals surface area contributed by atoms with E-state index in [-0.39, 0.29) is 12.6 Å². The van der Waals surface area contributed by atoms with E-state index in [0.29, 0.717) is 19.3 Å². The van der Waals surface area contributed by atoms with Gasteiger partial charge in [-0.2, -0.15) is 0 Å². The Morgan fingerprint density at radius 3 is 2.44 bits per heavy atom. The van der Waals surface area contributed by atoms with Gasteiger partial charge in [0.05, 0.1) is 0 Å². The van der Waals surface area contributed by atoms with E-state index in [1.165, 1.54) is 0 Å². The highest BCUT2D eigenvalue weighted by Gasteiger charge is 2.32. The van der Waals surface area contributed by atoms with Crippen molar-refractivity contribution in [1.29, 1.82) is 0 Å². The molecular weight excluding hydrogens is 244 g/mol. The van der Waals surface area contributed by atoms with Crippen molar-refractivity contribution in [2.24, 2.45) is 0 Å². The molecule has 0 aromatic rings. The van der Waals surface area contributed by atoms with Crippen molar-refractivity contribution in [3.63, 3.8) is 0 Å². The minimum Gasteiger partial charge on any atom is -0.480 e. The van der Waals surface area contributed by atoms with Crippen LogP contribution in [-0.2, 0) is 9.53 Å². The molecule has 0 saturated heterocycles. The lowest BCUT2D eigenvalue weighted by Gasteiger charge is -2.28. The molecule has 6 heteroatoms. The highest BCUT2D eigenvalue weighted by Crippen LogP contribution is 2.15. The summed E-state index contributed by atoms with van der Waals surface area (Å²) in [5.41, 5.74) is -0.975. The monoisotopic (exact) mass is 267 g/mol. The molecule has 0 fully saturated rings. The minimum absolute atomic E-state index is 0.0705. The van der Waals surface area contributed by atoms with Crippen molar-refractivity contribution in [3.8, 4) is 0 Å². The molecule has 0 radical (unpaired) electrons. The number of rotatable bonds is 10. The van der Waals surface area contributed by atoms with Crippen LogP contribution in [0.4, 0.5) is 8.78 Å². The first-order valence-corrected chi connectivity index (χ1v) is 6.15. The normalized spacial score (nSPS) is 15.1. The number of hydrogen-bond donors (Lipinski definition) is 2. The second-order valence-corrected chi connectivity index (χ2v) is 4.86. The standard InChI is InChI=1S/C12H23F2NO3/c1-9(2)15-12(3,11(16)17)6-4-5-7-18-8-10(13)14/h9-10,15H,4-8H2,1-3H3,(H,16,17). The van der Waals surface area contributed by atoms with E-state index >= 15 is 0 Å². The third-order valence-corrected chi connectivity index (χ3v) is 2.54. The van der Waals surface area contributed by atoms with E-state index in [1.807, 2.05) is 13.8 Å². The van der Waals surface area contributed by atoms with Crippen LogP contribution in [0.5, 0.6) is 0 Å². The molecular formula is C12H23F2NO3. The maximum atomic E-state index is 11.8. The molecule has 108 valence electrons. The molecule has 0 aromatic carbocycles. The molecule has 0 heterocycles. The van der Waals surface area contributed by atoms with Crippen LogP contribution >= 0.6 is 0 Å². The average molecular weight is 267 g/mol. The predicted octanol–water partition coefficient (Wildman–Crippen LogP) is 2.28. The minimum atomic E-state index is -2.45. The molecule has 1 atom stereocenters. The van der Waals surface area contributed by atoms with E-state index < -0.39 is 24.5 Å². The molecule has 0 aliphatic rings. The third kappa shape index (κ3) is 7.55. The topological polar surface area (TPSA) is 58.6 Å². The van der Waals surface area contributed by atoms with Crippen LogP contribution in [0.15, 0.2) is 0 Å². The smallest absolute Gasteiger partial charge is 0.323 e. The van der Waals surface area contributed by atoms with Crippen molar-refractivity contribution < 1.29 is 23.4 Å². The number of carboxylic acids is 1. The van der Waals surface area contributed by atoms with Crippen molar-refractivity contribution in [1.82, 2.24) is 5.32 Å². The van der Waals surface area contributed by atoms with Crippen LogP contribution < -0.4 is 5.32 Å². The molecule has 0 saturated carbocycles. The highest BCUT2D eigenvalue weighted by atomic mass is 19.3. The summed E-state index contributed by atoms with van der Waals surface area (Å²) in [7, 11) is 0. The second kappa shape index (κ2) is 8.37. The van der Waals surface area contributed by atoms with Gasteiger partial charge in [0.1, 0.15) is 12.1 Å². The summed E-state index contributed by atoms with van der Waals surface area (Å²) in [6.45, 7) is 5.08. The Kier molecular flexibility index (Phi) is 8.02. The Morgan fingerprint density at radius 2 is 2.00 bits per heavy atom. The Labute approximate surface area is 107 Å². The van der Waals surface area contributed by atoms with Gasteiger partial charge in [0, 0.05) is 12.6 Å². The summed E-state index contributed by atoms with van der Waals surface area (Å²) in [4.78, 5) is 11.2. The van der Waals surface area contributed by atoms with Crippen LogP contribution in [0.2, 0.25) is 0 Å². The molecule has 0 rings (SSSR count). The van der Waals surface area contributed by atoms with Crippen LogP contribution in [-0.4, -0.2) is 42.3 Å². The van der Waals surface area contributed by atoms with Crippen LogP contribution in [0.1, 0.15) is 40.0 Å². The number of alkyl halides is 2. The lowest BCUT2D eigenvalue weighted by atomic mass is 9.94. The largest absolute Gasteiger partial charge is 0.480 e. The van der Waals surface area contributed by atoms with E-state index in [4.69, 9.17) is 9.84 Å². The lowest BCUT2D eigenvalue weighted by Crippen LogP contribution is -2.52. The van der Waals surface area contributed by atoms with Gasteiger partial charge in [-0.05, 0) is 40.0 Å². The summed E-state index contributed by atoms with van der Waals surface area (Å²) in [5.74, 6) is -0.898. The van der Waals surface area contributed by atoms with Gasteiger partial charge in [-0.25, -0.2) is 8.78 Å². The van der Waals surface area contributed by atoms with Crippen molar-refractivity contribution in [3.05, 3.63) is 0 Å². The number of carboxylic acid groups (broad SMARTS) is 1. The van der Waals surface area contributed by atoms with E-state index in [0.717, 1.165) is 0 Å². The van der Waals surface area contributed by atoms with Gasteiger partial charge in [-0.3, -0.25) is 10.1 Å². The molecule has 18 heavy (non-hydrogen) atoms. The number of unbranched alkanes of at least 4 members (excludes halogenated alkanes) is 1. The van der Waals surface area contributed by atoms with Crippen molar-refractivity contribution in [2.75, 3.05) is 13.2 Å². The fourth-order valence-electron chi connectivity index (χ4n) is 1.73. The van der Waals surface area contributed by atoms with Gasteiger partial charge in [0.25, 0.3) is 6.43 Å². The molecule has 2 N–H and O–H groups in total. The number of hydrogen-bond acceptors (Lipinski definition) is 3. The predicted molar refractivity (Wildman–Crippen MR) is 65.0 cm³/mol. The number of carbonyl (C=O) groups is 1. The Bertz CT molecular complexity index is 249. The number of halogens is 2. The molecule has 0 amide bonds. The van der Waals surface area contributed by atoms with Crippen LogP contribution in [0.3, 0.4) is 0 Å². The van der Waals surface area contributed by atoms with Crippen molar-refractivity contribution in [2.45, 2.75) is 58.0 Å². The molecule has 0 aromatic heterocycles. The highest BCUT2D eigenvalue weighted by molar-refractivity contribution is 5.78. The van der Waals surface area contributed by atoms with Gasteiger partial charge in [0.15, 0.2) is 0 Å². The number of ether oxygens (including phenoxy) is 1. The third-order valence-electron chi connectivity index (χ3n) is 2.54. The Morgan fingerprint density at radius 1 is 1.39 bits per heavy atom. The molecule has 0 aliphatic carbocycles. The van der Waals surface area contributed by atoms with Crippen molar-refractivity contribution >= 4 is 5.97 Å². The maximum Gasteiger partial charge on any atom is 0.323 e. The zero-order chi connectivity index (χ0) is 14.2. The summed E-state index contributed by atoms with van der Waals surface area (Å²) < 4.78 is 28.3. The number of aliphatic carboxylic acids is 1.